The van der Waals surface area contributed by atoms with Crippen LogP contribution in [0.1, 0.15) is 22.5 Å². The van der Waals surface area contributed by atoms with Crippen LogP contribution >= 0.6 is 34.5 Å². The van der Waals surface area contributed by atoms with Crippen molar-refractivity contribution in [2.45, 2.75) is 13.0 Å². The second-order valence-corrected chi connectivity index (χ2v) is 7.84. The molecule has 0 atom stereocenters. The molecule has 1 amide bonds. The zero-order valence-corrected chi connectivity index (χ0v) is 17.5. The molecule has 3 aromatic rings. The van der Waals surface area contributed by atoms with Crippen LogP contribution in [0, 0.1) is 0 Å². The van der Waals surface area contributed by atoms with Gasteiger partial charge in [0, 0.05) is 23.5 Å². The Morgan fingerprint density at radius 2 is 1.90 bits per heavy atom. The molecule has 0 unspecified atom stereocenters. The average Bonchev–Trinajstić information content (AvgIpc) is 3.16. The minimum Gasteiger partial charge on any atom is -0.481 e. The van der Waals surface area contributed by atoms with Crippen molar-refractivity contribution in [3.63, 3.8) is 0 Å². The summed E-state index contributed by atoms with van der Waals surface area (Å²) in [4.78, 5) is 29.8. The Bertz CT molecular complexity index is 1010. The summed E-state index contributed by atoms with van der Waals surface area (Å²) in [6.45, 7) is 0.386. The lowest BCUT2D eigenvalue weighted by Gasteiger charge is -2.21. The Morgan fingerprint density at radius 1 is 1.14 bits per heavy atom. The molecular weight excluding hydrogens is 433 g/mol. The zero-order chi connectivity index (χ0) is 20.8. The van der Waals surface area contributed by atoms with Crippen molar-refractivity contribution in [1.82, 2.24) is 9.88 Å². The van der Waals surface area contributed by atoms with Crippen molar-refractivity contribution in [2.75, 3.05) is 11.9 Å². The number of aliphatic carboxylic acids is 1. The van der Waals surface area contributed by atoms with Gasteiger partial charge in [0.25, 0.3) is 5.91 Å². The number of halogens is 2. The maximum absolute atomic E-state index is 13.0. The Labute approximate surface area is 181 Å². The van der Waals surface area contributed by atoms with Crippen LogP contribution in [0.4, 0.5) is 10.8 Å². The molecule has 0 radical (unpaired) electrons. The summed E-state index contributed by atoms with van der Waals surface area (Å²) >= 11 is 13.4. The van der Waals surface area contributed by atoms with Crippen LogP contribution in [0.3, 0.4) is 0 Å². The van der Waals surface area contributed by atoms with Gasteiger partial charge in [-0.25, -0.2) is 4.98 Å². The minimum atomic E-state index is -0.966. The molecule has 0 aliphatic heterocycles. The van der Waals surface area contributed by atoms with E-state index >= 15 is 0 Å². The highest BCUT2D eigenvalue weighted by molar-refractivity contribution is 7.14. The van der Waals surface area contributed by atoms with E-state index in [0.717, 1.165) is 5.56 Å². The van der Waals surface area contributed by atoms with Gasteiger partial charge in [-0.05, 0) is 23.8 Å². The monoisotopic (exact) mass is 449 g/mol. The summed E-state index contributed by atoms with van der Waals surface area (Å²) in [5, 5.41) is 15.2. The third-order valence-corrected chi connectivity index (χ3v) is 5.31. The van der Waals surface area contributed by atoms with Gasteiger partial charge < -0.3 is 15.3 Å². The SMILES string of the molecule is O=C(O)CCN(Cc1ccccc1)C(=O)c1csc(Nc2cc(Cl)ccc2Cl)n1. The molecule has 150 valence electrons. The third-order valence-electron chi connectivity index (χ3n) is 3.99. The van der Waals surface area contributed by atoms with Crippen LogP contribution in [0.25, 0.3) is 0 Å². The second kappa shape index (κ2) is 9.73. The van der Waals surface area contributed by atoms with Crippen molar-refractivity contribution in [3.05, 3.63) is 75.2 Å². The van der Waals surface area contributed by atoms with Crippen LogP contribution in [-0.2, 0) is 11.3 Å². The highest BCUT2D eigenvalue weighted by Crippen LogP contribution is 2.30. The topological polar surface area (TPSA) is 82.5 Å². The van der Waals surface area contributed by atoms with Crippen LogP contribution < -0.4 is 5.32 Å². The van der Waals surface area contributed by atoms with Gasteiger partial charge in [0.15, 0.2) is 5.13 Å². The normalized spacial score (nSPS) is 10.6. The molecule has 0 aliphatic rings. The van der Waals surface area contributed by atoms with Crippen molar-refractivity contribution in [2.24, 2.45) is 0 Å². The number of aromatic nitrogens is 1. The van der Waals surface area contributed by atoms with Crippen LogP contribution in [0.5, 0.6) is 0 Å². The number of rotatable bonds is 8. The number of carboxylic acids is 1. The number of anilines is 2. The largest absolute Gasteiger partial charge is 0.481 e. The van der Waals surface area contributed by atoms with E-state index in [9.17, 15) is 9.59 Å². The van der Waals surface area contributed by atoms with E-state index in [-0.39, 0.29) is 24.6 Å². The van der Waals surface area contributed by atoms with Gasteiger partial charge in [-0.3, -0.25) is 9.59 Å². The van der Waals surface area contributed by atoms with Crippen molar-refractivity contribution >= 4 is 57.2 Å². The van der Waals surface area contributed by atoms with Gasteiger partial charge in [-0.1, -0.05) is 53.5 Å². The lowest BCUT2D eigenvalue weighted by atomic mass is 10.2. The average molecular weight is 450 g/mol. The summed E-state index contributed by atoms with van der Waals surface area (Å²) in [7, 11) is 0. The quantitative estimate of drug-likeness (QED) is 0.486. The van der Waals surface area contributed by atoms with E-state index in [1.54, 1.807) is 23.6 Å². The maximum atomic E-state index is 13.0. The summed E-state index contributed by atoms with van der Waals surface area (Å²) in [5.41, 5.74) is 1.72. The summed E-state index contributed by atoms with van der Waals surface area (Å²) in [5.74, 6) is -1.30. The number of hydrogen-bond acceptors (Lipinski definition) is 5. The molecule has 0 fully saturated rings. The molecule has 29 heavy (non-hydrogen) atoms. The Hall–Kier alpha value is -2.61. The van der Waals surface area contributed by atoms with Gasteiger partial charge in [-0.15, -0.1) is 11.3 Å². The van der Waals surface area contributed by atoms with Crippen LogP contribution in [-0.4, -0.2) is 33.4 Å². The fourth-order valence-corrected chi connectivity index (χ4v) is 3.62. The molecule has 2 aromatic carbocycles. The first-order chi connectivity index (χ1) is 13.9. The Kier molecular flexibility index (Phi) is 7.09. The van der Waals surface area contributed by atoms with E-state index in [4.69, 9.17) is 28.3 Å². The number of nitrogens with zero attached hydrogens (tertiary/aromatic N) is 2. The summed E-state index contributed by atoms with van der Waals surface area (Å²) in [6.07, 6.45) is -0.147. The number of carboxylic acid groups (broad SMARTS) is 1. The van der Waals surface area contributed by atoms with Crippen molar-refractivity contribution in [3.8, 4) is 0 Å². The highest BCUT2D eigenvalue weighted by atomic mass is 35.5. The zero-order valence-electron chi connectivity index (χ0n) is 15.1. The molecule has 6 nitrogen and oxygen atoms in total. The lowest BCUT2D eigenvalue weighted by Crippen LogP contribution is -2.32. The number of carbonyl (C=O) groups is 2. The third kappa shape index (κ3) is 5.93. The van der Waals surface area contributed by atoms with Gasteiger partial charge in [0.05, 0.1) is 17.1 Å². The smallest absolute Gasteiger partial charge is 0.305 e. The van der Waals surface area contributed by atoms with Gasteiger partial charge >= 0.3 is 5.97 Å². The maximum Gasteiger partial charge on any atom is 0.305 e. The van der Waals surface area contributed by atoms with E-state index in [1.807, 2.05) is 30.3 Å². The van der Waals surface area contributed by atoms with Gasteiger partial charge in [-0.2, -0.15) is 0 Å². The standard InChI is InChI=1S/C20H17Cl2N3O3S/c21-14-6-7-15(22)16(10-14)23-20-24-17(12-29-20)19(28)25(9-8-18(26)27)11-13-4-2-1-3-5-13/h1-7,10,12H,8-9,11H2,(H,23,24)(H,26,27). The fourth-order valence-electron chi connectivity index (χ4n) is 2.59. The first-order valence-electron chi connectivity index (χ1n) is 8.65. The molecule has 2 N–H and O–H groups in total. The second-order valence-electron chi connectivity index (χ2n) is 6.14. The molecular formula is C20H17Cl2N3O3S. The van der Waals surface area contributed by atoms with Gasteiger partial charge in [0.1, 0.15) is 5.69 Å². The predicted octanol–water partition coefficient (Wildman–Crippen LogP) is 5.31. The van der Waals surface area contributed by atoms with Gasteiger partial charge in [0.2, 0.25) is 0 Å². The molecule has 0 bridgehead atoms. The van der Waals surface area contributed by atoms with E-state index in [2.05, 4.69) is 10.3 Å². The number of thiazole rings is 1. The van der Waals surface area contributed by atoms with Crippen molar-refractivity contribution in [1.29, 1.82) is 0 Å². The number of hydrogen-bond donors (Lipinski definition) is 2. The molecule has 0 aliphatic carbocycles. The highest BCUT2D eigenvalue weighted by Gasteiger charge is 2.20. The lowest BCUT2D eigenvalue weighted by molar-refractivity contribution is -0.137. The summed E-state index contributed by atoms with van der Waals surface area (Å²) < 4.78 is 0. The first kappa shape index (κ1) is 21.1. The van der Waals surface area contributed by atoms with Crippen LogP contribution in [0.2, 0.25) is 10.0 Å². The molecule has 1 heterocycles. The number of nitrogens with one attached hydrogen (secondary N) is 1. The molecule has 9 heteroatoms. The van der Waals surface area contributed by atoms with E-state index in [1.165, 1.54) is 16.2 Å². The molecule has 0 spiro atoms. The molecule has 3 rings (SSSR count). The molecule has 1 aromatic heterocycles. The van der Waals surface area contributed by atoms with E-state index in [0.29, 0.717) is 27.4 Å². The fraction of sp³-hybridized carbons (Fsp3) is 0.150. The number of amides is 1. The Balaban J connectivity index is 1.76. The number of benzene rings is 2. The summed E-state index contributed by atoms with van der Waals surface area (Å²) in [6, 6.07) is 14.4. The minimum absolute atomic E-state index is 0.0868. The first-order valence-corrected chi connectivity index (χ1v) is 10.3. The van der Waals surface area contributed by atoms with E-state index < -0.39 is 5.97 Å². The molecule has 0 saturated carbocycles. The Morgan fingerprint density at radius 3 is 2.62 bits per heavy atom. The molecule has 0 saturated heterocycles. The predicted molar refractivity (Wildman–Crippen MR) is 115 cm³/mol. The van der Waals surface area contributed by atoms with Crippen LogP contribution in [0.15, 0.2) is 53.9 Å². The van der Waals surface area contributed by atoms with Crippen molar-refractivity contribution < 1.29 is 14.7 Å². The number of carbonyl (C=O) groups excluding carboxylic acids is 1.